The number of hydrogen-bond acceptors (Lipinski definition) is 6. The summed E-state index contributed by atoms with van der Waals surface area (Å²) in [6, 6.07) is 22.8. The van der Waals surface area contributed by atoms with Crippen LogP contribution in [-0.4, -0.2) is 9.97 Å². The third-order valence-corrected chi connectivity index (χ3v) is 16.1. The van der Waals surface area contributed by atoms with Gasteiger partial charge in [-0.25, -0.2) is 9.97 Å². The van der Waals surface area contributed by atoms with Crippen LogP contribution in [0.15, 0.2) is 60.7 Å². The molecular formula is C48H60N2S4. The smallest absolute Gasteiger partial charge is 0.109 e. The molecule has 7 rings (SSSR count). The van der Waals surface area contributed by atoms with E-state index in [9.17, 15) is 0 Å². The summed E-state index contributed by atoms with van der Waals surface area (Å²) in [6.07, 6.45) is 30.2. The lowest BCUT2D eigenvalue weighted by molar-refractivity contribution is 0.557. The molecule has 286 valence electrons. The van der Waals surface area contributed by atoms with Crippen LogP contribution in [0.1, 0.15) is 152 Å². The van der Waals surface area contributed by atoms with E-state index >= 15 is 0 Å². The van der Waals surface area contributed by atoms with Gasteiger partial charge in [0.25, 0.3) is 0 Å². The summed E-state index contributed by atoms with van der Waals surface area (Å²) in [5.41, 5.74) is 4.05. The van der Waals surface area contributed by atoms with Crippen molar-refractivity contribution in [2.24, 2.45) is 0 Å². The highest BCUT2D eigenvalue weighted by Gasteiger charge is 2.20. The Morgan fingerprint density at radius 2 is 0.759 bits per heavy atom. The highest BCUT2D eigenvalue weighted by molar-refractivity contribution is 7.28. The fourth-order valence-electron chi connectivity index (χ4n) is 7.96. The number of rotatable bonds is 24. The summed E-state index contributed by atoms with van der Waals surface area (Å²) in [6.45, 7) is 4.60. The lowest BCUT2D eigenvalue weighted by atomic mass is 10.1. The van der Waals surface area contributed by atoms with E-state index in [2.05, 4.69) is 74.5 Å². The predicted molar refractivity (Wildman–Crippen MR) is 246 cm³/mol. The Balaban J connectivity index is 1.04. The van der Waals surface area contributed by atoms with E-state index in [0.717, 1.165) is 22.1 Å². The number of aryl methyl sites for hydroxylation is 2. The molecule has 0 aliphatic rings. The Hall–Kier alpha value is -2.64. The maximum Gasteiger partial charge on any atom is 0.109 e. The van der Waals surface area contributed by atoms with Gasteiger partial charge in [0.1, 0.15) is 11.0 Å². The van der Waals surface area contributed by atoms with E-state index in [1.54, 1.807) is 0 Å². The van der Waals surface area contributed by atoms with Crippen LogP contribution in [-0.2, 0) is 12.8 Å². The van der Waals surface area contributed by atoms with Crippen LogP contribution in [0.2, 0.25) is 0 Å². The van der Waals surface area contributed by atoms with Crippen molar-refractivity contribution in [2.45, 2.75) is 155 Å². The first-order chi connectivity index (χ1) is 26.7. The molecule has 0 saturated heterocycles. The van der Waals surface area contributed by atoms with Crippen molar-refractivity contribution in [3.8, 4) is 19.5 Å². The fraction of sp³-hybridized carbons (Fsp3) is 0.500. The van der Waals surface area contributed by atoms with Crippen molar-refractivity contribution in [1.29, 1.82) is 0 Å². The van der Waals surface area contributed by atoms with E-state index in [-0.39, 0.29) is 0 Å². The van der Waals surface area contributed by atoms with Gasteiger partial charge in [-0.3, -0.25) is 0 Å². The molecule has 0 spiro atoms. The highest BCUT2D eigenvalue weighted by Crippen LogP contribution is 2.48. The standard InChI is InChI=1S/C48H60N2S4/c1-3-5-7-9-11-13-15-17-19-21-25-35-29-31-41(51-35)43-33-37-38-34-44(42-32-30-36(52-42)26-22-20-18-16-14-12-10-8-6-4-2)54-48(38)46-45(47(37)53-43)49-39-27-23-24-28-40(39)50-46/h23-24,27-34H,3-22,25-26H2,1-2H3. The molecule has 2 aromatic carbocycles. The SMILES string of the molecule is CCCCCCCCCCCCc1ccc(-c2cc3c4cc(-c5ccc(CCCCCCCCCCCC)s5)sc4c4nc5ccccc5nc4c3s2)s1. The van der Waals surface area contributed by atoms with Gasteiger partial charge in [0.05, 0.1) is 20.4 Å². The molecule has 0 unspecified atom stereocenters. The van der Waals surface area contributed by atoms with Crippen LogP contribution in [0.3, 0.4) is 0 Å². The molecular weight excluding hydrogens is 733 g/mol. The first kappa shape index (κ1) is 39.6. The molecule has 0 atom stereocenters. The predicted octanol–water partition coefficient (Wildman–Crippen LogP) is 17.6. The second-order valence-electron chi connectivity index (χ2n) is 15.5. The zero-order valence-electron chi connectivity index (χ0n) is 32.9. The third kappa shape index (κ3) is 10.2. The van der Waals surface area contributed by atoms with Crippen LogP contribution in [0.25, 0.3) is 61.7 Å². The molecule has 0 fully saturated rings. The van der Waals surface area contributed by atoms with Crippen molar-refractivity contribution < 1.29 is 0 Å². The molecule has 0 amide bonds. The maximum absolute atomic E-state index is 5.28. The molecule has 0 N–H and O–H groups in total. The van der Waals surface area contributed by atoms with E-state index < -0.39 is 0 Å². The van der Waals surface area contributed by atoms with Gasteiger partial charge in [-0.05, 0) is 74.2 Å². The van der Waals surface area contributed by atoms with Crippen molar-refractivity contribution in [1.82, 2.24) is 9.97 Å². The topological polar surface area (TPSA) is 25.8 Å². The summed E-state index contributed by atoms with van der Waals surface area (Å²) < 4.78 is 2.54. The number of aromatic nitrogens is 2. The monoisotopic (exact) mass is 792 g/mol. The summed E-state index contributed by atoms with van der Waals surface area (Å²) >= 11 is 7.80. The number of hydrogen-bond donors (Lipinski definition) is 0. The van der Waals surface area contributed by atoms with Crippen LogP contribution in [0.5, 0.6) is 0 Å². The minimum atomic E-state index is 0.974. The molecule has 0 aliphatic carbocycles. The Labute approximate surface area is 340 Å². The van der Waals surface area contributed by atoms with E-state index in [4.69, 9.17) is 9.97 Å². The molecule has 0 saturated carbocycles. The zero-order chi connectivity index (χ0) is 37.0. The molecule has 2 nitrogen and oxygen atoms in total. The van der Waals surface area contributed by atoms with Gasteiger partial charge in [-0.15, -0.1) is 45.3 Å². The molecule has 5 aromatic heterocycles. The molecule has 0 bridgehead atoms. The maximum atomic E-state index is 5.28. The van der Waals surface area contributed by atoms with Crippen molar-refractivity contribution in [3.63, 3.8) is 0 Å². The Morgan fingerprint density at radius 3 is 1.15 bits per heavy atom. The normalized spacial score (nSPS) is 12.0. The van der Waals surface area contributed by atoms with E-state index in [1.165, 1.54) is 191 Å². The van der Waals surface area contributed by atoms with Crippen molar-refractivity contribution >= 4 is 87.6 Å². The molecule has 5 heterocycles. The van der Waals surface area contributed by atoms with Crippen molar-refractivity contribution in [3.05, 3.63) is 70.4 Å². The van der Waals surface area contributed by atoms with Gasteiger partial charge < -0.3 is 0 Å². The average molecular weight is 793 g/mol. The first-order valence-electron chi connectivity index (χ1n) is 21.5. The summed E-state index contributed by atoms with van der Waals surface area (Å²) in [5, 5.41) is 2.66. The number of benzene rings is 2. The number of fused-ring (bicyclic) bond motifs is 7. The molecule has 7 aromatic rings. The van der Waals surface area contributed by atoms with Crippen molar-refractivity contribution in [2.75, 3.05) is 0 Å². The Bertz CT molecular complexity index is 2040. The lowest BCUT2D eigenvalue weighted by Gasteiger charge is -2.04. The van der Waals surface area contributed by atoms with E-state index in [1.807, 2.05) is 45.3 Å². The lowest BCUT2D eigenvalue weighted by Crippen LogP contribution is -1.87. The second-order valence-corrected chi connectivity index (χ2v) is 20.0. The molecule has 0 aliphatic heterocycles. The number of unbranched alkanes of at least 4 members (excludes halogenated alkanes) is 18. The van der Waals surface area contributed by atoms with Gasteiger partial charge >= 0.3 is 0 Å². The minimum Gasteiger partial charge on any atom is -0.243 e. The van der Waals surface area contributed by atoms with Crippen LogP contribution in [0.4, 0.5) is 0 Å². The van der Waals surface area contributed by atoms with Gasteiger partial charge in [0.2, 0.25) is 0 Å². The average Bonchev–Trinajstić information content (AvgIpc) is 4.02. The third-order valence-electron chi connectivity index (χ3n) is 11.1. The summed E-state index contributed by atoms with van der Waals surface area (Å²) in [5.74, 6) is 0. The van der Waals surface area contributed by atoms with Crippen LogP contribution in [0, 0.1) is 0 Å². The molecule has 6 heteroatoms. The summed E-state index contributed by atoms with van der Waals surface area (Å²) in [7, 11) is 0. The highest BCUT2D eigenvalue weighted by atomic mass is 32.1. The van der Waals surface area contributed by atoms with Gasteiger partial charge in [-0.2, -0.15) is 0 Å². The first-order valence-corrected chi connectivity index (χ1v) is 24.7. The summed E-state index contributed by atoms with van der Waals surface area (Å²) in [4.78, 5) is 19.1. The zero-order valence-corrected chi connectivity index (χ0v) is 36.1. The Morgan fingerprint density at radius 1 is 0.389 bits per heavy atom. The number of para-hydroxylation sites is 2. The van der Waals surface area contributed by atoms with Crippen LogP contribution < -0.4 is 0 Å². The van der Waals surface area contributed by atoms with Gasteiger partial charge in [0, 0.05) is 40.0 Å². The Kier molecular flexibility index (Phi) is 15.0. The fourth-order valence-corrected chi connectivity index (χ4v) is 12.5. The molecule has 54 heavy (non-hydrogen) atoms. The second kappa shape index (κ2) is 20.5. The number of thiophene rings is 4. The van der Waals surface area contributed by atoms with Gasteiger partial charge in [0.15, 0.2) is 0 Å². The minimum absolute atomic E-state index is 0.974. The van der Waals surface area contributed by atoms with E-state index in [0.29, 0.717) is 0 Å². The number of nitrogens with zero attached hydrogens (tertiary/aromatic N) is 2. The van der Waals surface area contributed by atoms with Crippen LogP contribution >= 0.6 is 45.3 Å². The molecule has 0 radical (unpaired) electrons. The quantitative estimate of drug-likeness (QED) is 0.0450. The van der Waals surface area contributed by atoms with Gasteiger partial charge in [-0.1, -0.05) is 142 Å². The largest absolute Gasteiger partial charge is 0.243 e.